The van der Waals surface area contributed by atoms with Gasteiger partial charge in [-0.15, -0.1) is 0 Å². The van der Waals surface area contributed by atoms with Crippen LogP contribution in [0.5, 0.6) is 0 Å². The molecule has 2 aromatic rings. The van der Waals surface area contributed by atoms with Gasteiger partial charge in [-0.1, -0.05) is 0 Å². The number of nitrogens with zero attached hydrogens (tertiary/aromatic N) is 1. The van der Waals surface area contributed by atoms with E-state index < -0.39 is 23.3 Å². The van der Waals surface area contributed by atoms with Gasteiger partial charge in [0, 0.05) is 12.3 Å². The second-order valence-corrected chi connectivity index (χ2v) is 3.56. The first kappa shape index (κ1) is 12.2. The number of carboxylic acid groups (broad SMARTS) is 1. The van der Waals surface area contributed by atoms with Gasteiger partial charge in [-0.3, -0.25) is 9.20 Å². The topological polar surface area (TPSA) is 58.8 Å². The lowest BCUT2D eigenvalue weighted by Gasteiger charge is -2.09. The van der Waals surface area contributed by atoms with Gasteiger partial charge in [0.1, 0.15) is 0 Å². The van der Waals surface area contributed by atoms with Crippen LogP contribution in [0.3, 0.4) is 0 Å². The predicted octanol–water partition coefficient (Wildman–Crippen LogP) is 2.02. The number of pyridine rings is 2. The fourth-order valence-electron chi connectivity index (χ4n) is 1.57. The van der Waals surface area contributed by atoms with E-state index in [4.69, 9.17) is 5.11 Å². The van der Waals surface area contributed by atoms with Crippen LogP contribution in [0.4, 0.5) is 13.2 Å². The molecule has 18 heavy (non-hydrogen) atoms. The van der Waals surface area contributed by atoms with E-state index in [0.29, 0.717) is 10.6 Å². The summed E-state index contributed by atoms with van der Waals surface area (Å²) in [6.07, 6.45) is -4.00. The Kier molecular flexibility index (Phi) is 2.61. The lowest BCUT2D eigenvalue weighted by atomic mass is 10.1. The van der Waals surface area contributed by atoms with E-state index in [9.17, 15) is 22.8 Å². The summed E-state index contributed by atoms with van der Waals surface area (Å²) in [7, 11) is 0. The smallest absolute Gasteiger partial charge is 0.417 e. The van der Waals surface area contributed by atoms with Crippen molar-refractivity contribution >= 4 is 11.5 Å². The molecule has 0 unspecified atom stereocenters. The summed E-state index contributed by atoms with van der Waals surface area (Å²) in [5.74, 6) is -1.31. The first-order chi connectivity index (χ1) is 8.30. The first-order valence-corrected chi connectivity index (χ1v) is 4.76. The molecule has 0 radical (unpaired) electrons. The fourth-order valence-corrected chi connectivity index (χ4v) is 1.57. The molecule has 0 spiro atoms. The Morgan fingerprint density at radius 2 is 1.83 bits per heavy atom. The number of aromatic carboxylic acids is 1. The first-order valence-electron chi connectivity index (χ1n) is 4.76. The lowest BCUT2D eigenvalue weighted by Crippen LogP contribution is -2.17. The van der Waals surface area contributed by atoms with E-state index in [2.05, 4.69) is 0 Å². The molecule has 4 nitrogen and oxygen atoms in total. The van der Waals surface area contributed by atoms with Crippen LogP contribution >= 0.6 is 0 Å². The molecule has 2 heterocycles. The molecule has 2 aromatic heterocycles. The van der Waals surface area contributed by atoms with Crippen LogP contribution in [-0.4, -0.2) is 15.5 Å². The zero-order valence-corrected chi connectivity index (χ0v) is 8.73. The molecule has 0 amide bonds. The van der Waals surface area contributed by atoms with Crippen LogP contribution in [0.15, 0.2) is 35.3 Å². The number of carboxylic acids is 1. The fraction of sp³-hybridized carbons (Fsp3) is 0.0909. The third-order valence-corrected chi connectivity index (χ3v) is 2.41. The average Bonchev–Trinajstić information content (AvgIpc) is 2.27. The second kappa shape index (κ2) is 3.86. The van der Waals surface area contributed by atoms with Crippen molar-refractivity contribution in [1.29, 1.82) is 0 Å². The van der Waals surface area contributed by atoms with Gasteiger partial charge in [0.15, 0.2) is 0 Å². The Morgan fingerprint density at radius 1 is 1.17 bits per heavy atom. The highest BCUT2D eigenvalue weighted by Gasteiger charge is 2.31. The Morgan fingerprint density at radius 3 is 2.39 bits per heavy atom. The number of hydrogen-bond donors (Lipinski definition) is 1. The van der Waals surface area contributed by atoms with Gasteiger partial charge < -0.3 is 5.11 Å². The maximum absolute atomic E-state index is 12.5. The zero-order chi connectivity index (χ0) is 13.5. The molecule has 0 bridgehead atoms. The highest BCUT2D eigenvalue weighted by Crippen LogP contribution is 2.29. The number of hydrogen-bond acceptors (Lipinski definition) is 2. The summed E-state index contributed by atoms with van der Waals surface area (Å²) in [5.41, 5.74) is -2.05. The molecule has 0 saturated heterocycles. The summed E-state index contributed by atoms with van der Waals surface area (Å²) in [6.45, 7) is 0. The highest BCUT2D eigenvalue weighted by molar-refractivity contribution is 5.95. The van der Waals surface area contributed by atoms with Crippen molar-refractivity contribution in [2.75, 3.05) is 0 Å². The number of aromatic nitrogens is 1. The standard InChI is InChI=1S/C11H6F3NO3/c12-11(13,14)6-1-3-8-7(10(17)18)2-4-9(16)15(8)5-6/h1-5H,(H,17,18). The van der Waals surface area contributed by atoms with Crippen LogP contribution in [0.2, 0.25) is 0 Å². The summed E-state index contributed by atoms with van der Waals surface area (Å²) >= 11 is 0. The number of fused-ring (bicyclic) bond motifs is 1. The number of alkyl halides is 3. The molecular weight excluding hydrogens is 251 g/mol. The molecule has 0 aromatic carbocycles. The quantitative estimate of drug-likeness (QED) is 0.850. The van der Waals surface area contributed by atoms with Crippen LogP contribution in [0.1, 0.15) is 15.9 Å². The molecule has 1 N–H and O–H groups in total. The third-order valence-electron chi connectivity index (χ3n) is 2.41. The van der Waals surface area contributed by atoms with E-state index in [1.54, 1.807) is 0 Å². The van der Waals surface area contributed by atoms with E-state index in [0.717, 1.165) is 24.3 Å². The Bertz CT molecular complexity index is 688. The monoisotopic (exact) mass is 257 g/mol. The van der Waals surface area contributed by atoms with Crippen LogP contribution in [0.25, 0.3) is 5.52 Å². The van der Waals surface area contributed by atoms with Crippen molar-refractivity contribution in [1.82, 2.24) is 4.40 Å². The van der Waals surface area contributed by atoms with Crippen molar-refractivity contribution in [3.05, 3.63) is 51.9 Å². The maximum Gasteiger partial charge on any atom is 0.417 e. The SMILES string of the molecule is O=C(O)c1ccc(=O)n2cc(C(F)(F)F)ccc12. The maximum atomic E-state index is 12.5. The molecule has 0 atom stereocenters. The molecule has 94 valence electrons. The predicted molar refractivity (Wildman–Crippen MR) is 55.6 cm³/mol. The molecule has 0 aliphatic rings. The van der Waals surface area contributed by atoms with E-state index in [-0.39, 0.29) is 11.1 Å². The zero-order valence-electron chi connectivity index (χ0n) is 8.73. The van der Waals surface area contributed by atoms with Crippen LogP contribution in [0, 0.1) is 0 Å². The van der Waals surface area contributed by atoms with Crippen molar-refractivity contribution in [3.63, 3.8) is 0 Å². The van der Waals surface area contributed by atoms with Gasteiger partial charge in [0.2, 0.25) is 0 Å². The molecule has 0 aliphatic carbocycles. The minimum Gasteiger partial charge on any atom is -0.478 e. The Hall–Kier alpha value is -2.31. The molecule has 2 rings (SSSR count). The van der Waals surface area contributed by atoms with Gasteiger partial charge in [-0.05, 0) is 18.2 Å². The summed E-state index contributed by atoms with van der Waals surface area (Å²) < 4.78 is 38.1. The van der Waals surface area contributed by atoms with E-state index >= 15 is 0 Å². The van der Waals surface area contributed by atoms with Gasteiger partial charge in [-0.25, -0.2) is 4.79 Å². The minimum absolute atomic E-state index is 0.0806. The van der Waals surface area contributed by atoms with Crippen molar-refractivity contribution < 1.29 is 23.1 Å². The summed E-state index contributed by atoms with van der Waals surface area (Å²) in [6, 6.07) is 3.68. The normalized spacial score (nSPS) is 11.7. The Balaban J connectivity index is 2.83. The number of carbonyl (C=O) groups is 1. The lowest BCUT2D eigenvalue weighted by molar-refractivity contribution is -0.137. The molecular formula is C11H6F3NO3. The van der Waals surface area contributed by atoms with Crippen LogP contribution < -0.4 is 5.56 Å². The summed E-state index contributed by atoms with van der Waals surface area (Å²) in [4.78, 5) is 22.3. The average molecular weight is 257 g/mol. The summed E-state index contributed by atoms with van der Waals surface area (Å²) in [5, 5.41) is 8.87. The van der Waals surface area contributed by atoms with E-state index in [1.165, 1.54) is 0 Å². The van der Waals surface area contributed by atoms with E-state index in [1.807, 2.05) is 0 Å². The second-order valence-electron chi connectivity index (χ2n) is 3.56. The molecule has 0 saturated carbocycles. The van der Waals surface area contributed by atoms with Gasteiger partial charge >= 0.3 is 12.1 Å². The Labute approximate surface area is 97.9 Å². The molecule has 0 fully saturated rings. The number of rotatable bonds is 1. The van der Waals surface area contributed by atoms with Crippen molar-refractivity contribution in [3.8, 4) is 0 Å². The molecule has 7 heteroatoms. The number of halogens is 3. The van der Waals surface area contributed by atoms with Gasteiger partial charge in [0.25, 0.3) is 5.56 Å². The van der Waals surface area contributed by atoms with Gasteiger partial charge in [0.05, 0.1) is 16.6 Å². The minimum atomic E-state index is -4.59. The van der Waals surface area contributed by atoms with Gasteiger partial charge in [-0.2, -0.15) is 13.2 Å². The molecule has 0 aliphatic heterocycles. The van der Waals surface area contributed by atoms with Crippen molar-refractivity contribution in [2.45, 2.75) is 6.18 Å². The largest absolute Gasteiger partial charge is 0.478 e. The van der Waals surface area contributed by atoms with Crippen molar-refractivity contribution in [2.24, 2.45) is 0 Å². The third kappa shape index (κ3) is 1.94. The highest BCUT2D eigenvalue weighted by atomic mass is 19.4. The van der Waals surface area contributed by atoms with Crippen LogP contribution in [-0.2, 0) is 6.18 Å².